The van der Waals surface area contributed by atoms with Crippen LogP contribution < -0.4 is 5.32 Å². The maximum atomic E-state index is 12.4. The number of likely N-dealkylation sites (N-methyl/N-ethyl adjacent to an activating group) is 1. The van der Waals surface area contributed by atoms with E-state index in [-0.39, 0.29) is 5.91 Å². The van der Waals surface area contributed by atoms with Gasteiger partial charge in [-0.1, -0.05) is 23.5 Å². The van der Waals surface area contributed by atoms with Crippen molar-refractivity contribution in [3.05, 3.63) is 40.0 Å². The van der Waals surface area contributed by atoms with Gasteiger partial charge in [0, 0.05) is 35.0 Å². The van der Waals surface area contributed by atoms with Gasteiger partial charge < -0.3 is 15.2 Å². The van der Waals surface area contributed by atoms with E-state index in [0.29, 0.717) is 29.9 Å². The molecule has 0 saturated carbocycles. The summed E-state index contributed by atoms with van der Waals surface area (Å²) in [4.78, 5) is 18.5. The molecule has 146 valence electrons. The second-order valence-electron chi connectivity index (χ2n) is 8.03. The number of rotatable bonds is 4. The number of amides is 1. The van der Waals surface area contributed by atoms with Crippen LogP contribution in [-0.2, 0) is 17.6 Å². The van der Waals surface area contributed by atoms with Crippen LogP contribution in [0.5, 0.6) is 0 Å². The summed E-state index contributed by atoms with van der Waals surface area (Å²) in [6, 6.07) is 7.22. The van der Waals surface area contributed by atoms with E-state index in [1.54, 1.807) is 0 Å². The number of benzene rings is 1. The summed E-state index contributed by atoms with van der Waals surface area (Å²) in [5.41, 5.74) is 5.34. The predicted molar refractivity (Wildman–Crippen MR) is 112 cm³/mol. The molecular formula is C21H25N5OS. The van der Waals surface area contributed by atoms with E-state index in [4.69, 9.17) is 0 Å². The highest BCUT2D eigenvalue weighted by Crippen LogP contribution is 2.44. The zero-order valence-corrected chi connectivity index (χ0v) is 17.1. The van der Waals surface area contributed by atoms with Gasteiger partial charge in [0.25, 0.3) is 0 Å². The van der Waals surface area contributed by atoms with E-state index < -0.39 is 0 Å². The first kappa shape index (κ1) is 17.8. The molecule has 2 atom stereocenters. The predicted octanol–water partition coefficient (Wildman–Crippen LogP) is 3.63. The van der Waals surface area contributed by atoms with E-state index in [9.17, 15) is 4.79 Å². The fraction of sp³-hybridized carbons (Fsp3) is 0.476. The van der Waals surface area contributed by atoms with Crippen LogP contribution >= 0.6 is 11.3 Å². The lowest BCUT2D eigenvalue weighted by Crippen LogP contribution is -2.44. The van der Waals surface area contributed by atoms with Crippen molar-refractivity contribution in [3.63, 3.8) is 0 Å². The number of carbonyl (C=O) groups is 1. The van der Waals surface area contributed by atoms with Gasteiger partial charge >= 0.3 is 0 Å². The Balaban J connectivity index is 1.40. The van der Waals surface area contributed by atoms with Crippen molar-refractivity contribution in [1.82, 2.24) is 20.1 Å². The third-order valence-corrected chi connectivity index (χ3v) is 7.05. The average molecular weight is 396 g/mol. The number of carbonyl (C=O) groups excluding carboxylic acids is 1. The van der Waals surface area contributed by atoms with E-state index >= 15 is 0 Å². The highest BCUT2D eigenvalue weighted by molar-refractivity contribution is 7.15. The van der Waals surface area contributed by atoms with Gasteiger partial charge in [-0.2, -0.15) is 0 Å². The second kappa shape index (κ2) is 6.97. The standard InChI is InChI=1S/C21H25N5OS/c1-12-24-25-21(28-12)23-19(27)9-8-16-15-11-18-13(6-4-10-26(18)2)14-5-3-7-17(22-16)20(14)15/h3,5,7,13,18,22H,4,6,8-11H2,1-2H3,(H,23,25,27)/t13?,18-/m1/s1. The van der Waals surface area contributed by atoms with Crippen molar-refractivity contribution in [2.24, 2.45) is 0 Å². The van der Waals surface area contributed by atoms with Gasteiger partial charge in [0.1, 0.15) is 5.01 Å². The number of aromatic amines is 1. The zero-order chi connectivity index (χ0) is 19.3. The van der Waals surface area contributed by atoms with Crippen LogP contribution in [0.2, 0.25) is 0 Å². The number of nitrogens with one attached hydrogen (secondary N) is 2. The Morgan fingerprint density at radius 2 is 2.29 bits per heavy atom. The Labute approximate surface area is 168 Å². The van der Waals surface area contributed by atoms with E-state index in [2.05, 4.69) is 50.6 Å². The Bertz CT molecular complexity index is 1040. The van der Waals surface area contributed by atoms with Crippen LogP contribution in [0.1, 0.15) is 47.0 Å². The van der Waals surface area contributed by atoms with Crippen LogP contribution in [0.25, 0.3) is 10.9 Å². The van der Waals surface area contributed by atoms with Crippen LogP contribution in [-0.4, -0.2) is 45.6 Å². The summed E-state index contributed by atoms with van der Waals surface area (Å²) >= 11 is 1.41. The maximum absolute atomic E-state index is 12.4. The van der Waals surface area contributed by atoms with Gasteiger partial charge in [-0.05, 0) is 63.4 Å². The van der Waals surface area contributed by atoms with Gasteiger partial charge in [-0.3, -0.25) is 4.79 Å². The Morgan fingerprint density at radius 1 is 1.39 bits per heavy atom. The van der Waals surface area contributed by atoms with Crippen molar-refractivity contribution in [2.75, 3.05) is 18.9 Å². The second-order valence-corrected chi connectivity index (χ2v) is 9.21. The van der Waals surface area contributed by atoms with Crippen LogP contribution in [0, 0.1) is 6.92 Å². The Morgan fingerprint density at radius 3 is 3.11 bits per heavy atom. The lowest BCUT2D eigenvalue weighted by atomic mass is 9.74. The minimum atomic E-state index is -0.00861. The van der Waals surface area contributed by atoms with Crippen molar-refractivity contribution in [1.29, 1.82) is 0 Å². The molecule has 28 heavy (non-hydrogen) atoms. The molecule has 7 heteroatoms. The lowest BCUT2D eigenvalue weighted by Gasteiger charge is -2.42. The monoisotopic (exact) mass is 395 g/mol. The zero-order valence-electron chi connectivity index (χ0n) is 16.3. The van der Waals surface area contributed by atoms with Crippen LogP contribution in [0.4, 0.5) is 5.13 Å². The Hall–Kier alpha value is -2.25. The Kier molecular flexibility index (Phi) is 4.44. The van der Waals surface area contributed by atoms with Crippen molar-refractivity contribution < 1.29 is 4.79 Å². The first-order valence-electron chi connectivity index (χ1n) is 10.0. The maximum Gasteiger partial charge on any atom is 0.226 e. The number of H-pyrrole nitrogens is 1. The molecule has 1 aliphatic carbocycles. The molecule has 0 bridgehead atoms. The number of aryl methyl sites for hydroxylation is 2. The first-order valence-corrected chi connectivity index (χ1v) is 10.8. The largest absolute Gasteiger partial charge is 0.358 e. The minimum absolute atomic E-state index is 0.00861. The molecule has 2 N–H and O–H groups in total. The fourth-order valence-electron chi connectivity index (χ4n) is 5.01. The molecule has 3 aromatic rings. The lowest BCUT2D eigenvalue weighted by molar-refractivity contribution is -0.116. The molecule has 1 fully saturated rings. The number of hydrogen-bond acceptors (Lipinski definition) is 5. The van der Waals surface area contributed by atoms with E-state index in [0.717, 1.165) is 11.4 Å². The number of hydrogen-bond donors (Lipinski definition) is 2. The molecule has 1 unspecified atom stereocenters. The molecule has 0 radical (unpaired) electrons. The SMILES string of the molecule is Cc1nnc(NC(=O)CCc2[nH]c3cccc4c3c2C[C@@H]2C4CCCN2C)s1. The summed E-state index contributed by atoms with van der Waals surface area (Å²) in [6.07, 6.45) is 4.78. The van der Waals surface area contributed by atoms with E-state index in [1.807, 2.05) is 6.92 Å². The molecule has 3 heterocycles. The third kappa shape index (κ3) is 3.02. The smallest absolute Gasteiger partial charge is 0.226 e. The van der Waals surface area contributed by atoms with Crippen LogP contribution in [0.15, 0.2) is 18.2 Å². The highest BCUT2D eigenvalue weighted by Gasteiger charge is 2.37. The molecule has 2 aliphatic rings. The number of fused-ring (bicyclic) bond motifs is 2. The van der Waals surface area contributed by atoms with Gasteiger partial charge in [0.05, 0.1) is 0 Å². The third-order valence-electron chi connectivity index (χ3n) is 6.29. The van der Waals surface area contributed by atoms with Gasteiger partial charge in [-0.25, -0.2) is 0 Å². The van der Waals surface area contributed by atoms with Gasteiger partial charge in [0.2, 0.25) is 11.0 Å². The topological polar surface area (TPSA) is 73.9 Å². The molecule has 1 saturated heterocycles. The molecule has 1 aliphatic heterocycles. The summed E-state index contributed by atoms with van der Waals surface area (Å²) in [5, 5.41) is 13.6. The number of anilines is 1. The quantitative estimate of drug-likeness (QED) is 0.707. The number of aromatic nitrogens is 3. The molecule has 1 aromatic carbocycles. The number of likely N-dealkylation sites (tertiary alicyclic amines) is 1. The fourth-order valence-corrected chi connectivity index (χ4v) is 5.62. The molecule has 2 aromatic heterocycles. The van der Waals surface area contributed by atoms with Gasteiger partial charge in [0.15, 0.2) is 0 Å². The van der Waals surface area contributed by atoms with Crippen molar-refractivity contribution in [2.45, 2.75) is 51.0 Å². The van der Waals surface area contributed by atoms with Crippen LogP contribution in [0.3, 0.4) is 0 Å². The normalized spacial score (nSPS) is 21.6. The van der Waals surface area contributed by atoms with Crippen molar-refractivity contribution in [3.8, 4) is 0 Å². The van der Waals surface area contributed by atoms with E-state index in [1.165, 1.54) is 58.4 Å². The number of nitrogens with zero attached hydrogens (tertiary/aromatic N) is 3. The number of piperidine rings is 1. The molecule has 6 nitrogen and oxygen atoms in total. The van der Waals surface area contributed by atoms with Crippen molar-refractivity contribution >= 4 is 33.3 Å². The average Bonchev–Trinajstić information content (AvgIpc) is 3.25. The molecule has 0 spiro atoms. The van der Waals surface area contributed by atoms with Gasteiger partial charge in [-0.15, -0.1) is 10.2 Å². The summed E-state index contributed by atoms with van der Waals surface area (Å²) in [6.45, 7) is 3.06. The first-order chi connectivity index (χ1) is 13.6. The highest BCUT2D eigenvalue weighted by atomic mass is 32.1. The molecule has 1 amide bonds. The molecule has 5 rings (SSSR count). The minimum Gasteiger partial charge on any atom is -0.358 e. The summed E-state index contributed by atoms with van der Waals surface area (Å²) < 4.78 is 0. The summed E-state index contributed by atoms with van der Waals surface area (Å²) in [7, 11) is 2.26. The summed E-state index contributed by atoms with van der Waals surface area (Å²) in [5.74, 6) is 0.619. The molecular weight excluding hydrogens is 370 g/mol.